The van der Waals surface area contributed by atoms with Crippen molar-refractivity contribution in [3.05, 3.63) is 75.4 Å². The molecule has 0 aromatic heterocycles. The van der Waals surface area contributed by atoms with Gasteiger partial charge in [-0.2, -0.15) is 0 Å². The number of rotatable bonds is 4. The van der Waals surface area contributed by atoms with Crippen molar-refractivity contribution < 1.29 is 0 Å². The van der Waals surface area contributed by atoms with Gasteiger partial charge in [-0.25, -0.2) is 0 Å². The minimum Gasteiger partial charge on any atom is -0.0877 e. The zero-order valence-electron chi connectivity index (χ0n) is 12.1. The predicted molar refractivity (Wildman–Crippen MR) is 97.9 cm³/mol. The van der Waals surface area contributed by atoms with Gasteiger partial charge in [0.1, 0.15) is 0 Å². The summed E-state index contributed by atoms with van der Waals surface area (Å²) in [7, 11) is 0. The van der Waals surface area contributed by atoms with Crippen molar-refractivity contribution >= 4 is 28.2 Å². The molecule has 0 bridgehead atoms. The summed E-state index contributed by atoms with van der Waals surface area (Å²) in [5, 5.41) is 0. The number of benzene rings is 1. The molecule has 1 heteroatoms. The predicted octanol–water partition coefficient (Wildman–Crippen LogP) is 6.26. The Morgan fingerprint density at radius 3 is 2.80 bits per heavy atom. The lowest BCUT2D eigenvalue weighted by Crippen LogP contribution is -1.98. The van der Waals surface area contributed by atoms with Crippen LogP contribution in [0.1, 0.15) is 43.7 Å². The molecule has 0 saturated carbocycles. The molecule has 1 aromatic rings. The second kappa shape index (κ2) is 7.63. The van der Waals surface area contributed by atoms with E-state index in [0.717, 1.165) is 12.8 Å². The summed E-state index contributed by atoms with van der Waals surface area (Å²) in [5.74, 6) is 0.522. The van der Waals surface area contributed by atoms with Crippen LogP contribution in [0.2, 0.25) is 0 Å². The normalized spacial score (nSPS) is 18.9. The summed E-state index contributed by atoms with van der Waals surface area (Å²) in [6, 6.07) is 6.95. The van der Waals surface area contributed by atoms with Crippen LogP contribution in [0.5, 0.6) is 0 Å². The largest absolute Gasteiger partial charge is 0.0877 e. The molecule has 0 saturated heterocycles. The van der Waals surface area contributed by atoms with E-state index in [1.54, 1.807) is 0 Å². The van der Waals surface area contributed by atoms with Gasteiger partial charge >= 0.3 is 0 Å². The molecule has 0 aliphatic heterocycles. The molecule has 0 heterocycles. The molecule has 1 aromatic carbocycles. The van der Waals surface area contributed by atoms with Crippen molar-refractivity contribution in [3.63, 3.8) is 0 Å². The Morgan fingerprint density at radius 1 is 1.30 bits per heavy atom. The summed E-state index contributed by atoms with van der Waals surface area (Å²) in [6.07, 6.45) is 17.4. The highest BCUT2D eigenvalue weighted by Gasteiger charge is 2.11. The first kappa shape index (κ1) is 15.3. The Morgan fingerprint density at radius 2 is 2.15 bits per heavy atom. The Labute approximate surface area is 136 Å². The fourth-order valence-electron chi connectivity index (χ4n) is 2.47. The third kappa shape index (κ3) is 3.95. The van der Waals surface area contributed by atoms with Crippen LogP contribution in [0, 0.1) is 3.57 Å². The van der Waals surface area contributed by atoms with Crippen LogP contribution in [-0.4, -0.2) is 0 Å². The molecule has 0 fully saturated rings. The molecule has 2 rings (SSSR count). The monoisotopic (exact) mass is 376 g/mol. The van der Waals surface area contributed by atoms with E-state index in [1.165, 1.54) is 20.3 Å². The van der Waals surface area contributed by atoms with E-state index in [1.807, 2.05) is 0 Å². The van der Waals surface area contributed by atoms with E-state index in [0.29, 0.717) is 5.92 Å². The quantitative estimate of drug-likeness (QED) is 0.430. The van der Waals surface area contributed by atoms with Crippen LogP contribution in [0.15, 0.2) is 60.7 Å². The Hall–Kier alpha value is -1.09. The first-order valence-electron chi connectivity index (χ1n) is 7.20. The topological polar surface area (TPSA) is 0 Å². The highest BCUT2D eigenvalue weighted by Crippen LogP contribution is 2.30. The van der Waals surface area contributed by atoms with Crippen LogP contribution in [-0.2, 0) is 0 Å². The summed E-state index contributed by atoms with van der Waals surface area (Å²) < 4.78 is 1.32. The molecular weight excluding hydrogens is 355 g/mol. The minimum atomic E-state index is 0.522. The summed E-state index contributed by atoms with van der Waals surface area (Å²) >= 11 is 2.43. The van der Waals surface area contributed by atoms with Crippen molar-refractivity contribution in [1.29, 1.82) is 0 Å². The highest BCUT2D eigenvalue weighted by atomic mass is 127. The smallest absolute Gasteiger partial charge is 0.0139 e. The second-order valence-electron chi connectivity index (χ2n) is 5.00. The highest BCUT2D eigenvalue weighted by molar-refractivity contribution is 14.1. The van der Waals surface area contributed by atoms with Crippen molar-refractivity contribution in [1.82, 2.24) is 0 Å². The third-order valence-electron chi connectivity index (χ3n) is 3.57. The molecular formula is C19H21I. The van der Waals surface area contributed by atoms with Gasteiger partial charge in [0.15, 0.2) is 0 Å². The molecule has 1 aliphatic rings. The first-order chi connectivity index (χ1) is 9.74. The Kier molecular flexibility index (Phi) is 5.84. The number of allylic oxidation sites excluding steroid dienone is 8. The summed E-state index contributed by atoms with van der Waals surface area (Å²) in [4.78, 5) is 0. The van der Waals surface area contributed by atoms with Gasteiger partial charge in [-0.3, -0.25) is 0 Å². The maximum atomic E-state index is 2.43. The van der Waals surface area contributed by atoms with E-state index in [2.05, 4.69) is 97.2 Å². The van der Waals surface area contributed by atoms with E-state index in [-0.39, 0.29) is 0 Å². The second-order valence-corrected chi connectivity index (χ2v) is 6.25. The molecule has 20 heavy (non-hydrogen) atoms. The molecule has 0 amide bonds. The summed E-state index contributed by atoms with van der Waals surface area (Å²) in [5.41, 5.74) is 4.18. The first-order valence-corrected chi connectivity index (χ1v) is 8.28. The number of halogens is 1. The standard InChI is InChI=1S/C19H21I/c1-3-5-9-15(4-2)17-12-18(14-19(20)13-17)16-10-7-6-8-11-16/h3,5-10,12-14,16H,4,11H2,1-2H3/b5-3-,15-9+. The van der Waals surface area contributed by atoms with Gasteiger partial charge in [0.2, 0.25) is 0 Å². The third-order valence-corrected chi connectivity index (χ3v) is 4.19. The summed E-state index contributed by atoms with van der Waals surface area (Å²) in [6.45, 7) is 4.28. The maximum Gasteiger partial charge on any atom is 0.0139 e. The fraction of sp³-hybridized carbons (Fsp3) is 0.263. The van der Waals surface area contributed by atoms with E-state index < -0.39 is 0 Å². The average molecular weight is 376 g/mol. The Bertz CT molecular complexity index is 573. The lowest BCUT2D eigenvalue weighted by atomic mass is 9.90. The molecule has 0 nitrogen and oxygen atoms in total. The fourth-order valence-corrected chi connectivity index (χ4v) is 3.17. The SMILES string of the molecule is C/C=C\C=C(/CC)c1cc(I)cc(C2C=CC=CC2)c1. The van der Waals surface area contributed by atoms with Crippen molar-refractivity contribution in [2.45, 2.75) is 32.6 Å². The molecule has 0 spiro atoms. The van der Waals surface area contributed by atoms with Crippen molar-refractivity contribution in [2.24, 2.45) is 0 Å². The molecule has 1 atom stereocenters. The van der Waals surface area contributed by atoms with Gasteiger partial charge in [0.25, 0.3) is 0 Å². The van der Waals surface area contributed by atoms with Gasteiger partial charge in [0.05, 0.1) is 0 Å². The van der Waals surface area contributed by atoms with Crippen LogP contribution in [0.3, 0.4) is 0 Å². The lowest BCUT2D eigenvalue weighted by Gasteiger charge is -2.16. The molecule has 0 N–H and O–H groups in total. The zero-order chi connectivity index (χ0) is 14.4. The van der Waals surface area contributed by atoms with Gasteiger partial charge in [-0.1, -0.05) is 55.5 Å². The van der Waals surface area contributed by atoms with Crippen LogP contribution < -0.4 is 0 Å². The molecule has 1 aliphatic carbocycles. The van der Waals surface area contributed by atoms with Crippen molar-refractivity contribution in [3.8, 4) is 0 Å². The van der Waals surface area contributed by atoms with E-state index in [9.17, 15) is 0 Å². The average Bonchev–Trinajstić information content (AvgIpc) is 2.48. The number of hydrogen-bond acceptors (Lipinski definition) is 0. The van der Waals surface area contributed by atoms with E-state index in [4.69, 9.17) is 0 Å². The van der Waals surface area contributed by atoms with Crippen LogP contribution >= 0.6 is 22.6 Å². The molecule has 104 valence electrons. The molecule has 0 radical (unpaired) electrons. The Balaban J connectivity index is 2.37. The van der Waals surface area contributed by atoms with Gasteiger partial charge in [0, 0.05) is 9.49 Å². The maximum absolute atomic E-state index is 2.43. The lowest BCUT2D eigenvalue weighted by molar-refractivity contribution is 0.852. The molecule has 1 unspecified atom stereocenters. The van der Waals surface area contributed by atoms with E-state index >= 15 is 0 Å². The van der Waals surface area contributed by atoms with Crippen LogP contribution in [0.4, 0.5) is 0 Å². The number of hydrogen-bond donors (Lipinski definition) is 0. The zero-order valence-corrected chi connectivity index (χ0v) is 14.3. The van der Waals surface area contributed by atoms with Crippen LogP contribution in [0.25, 0.3) is 5.57 Å². The van der Waals surface area contributed by atoms with Gasteiger partial charge in [-0.05, 0) is 71.2 Å². The van der Waals surface area contributed by atoms with Crippen molar-refractivity contribution in [2.75, 3.05) is 0 Å². The van der Waals surface area contributed by atoms with Gasteiger partial charge < -0.3 is 0 Å². The van der Waals surface area contributed by atoms with Gasteiger partial charge in [-0.15, -0.1) is 0 Å². The minimum absolute atomic E-state index is 0.522.